The summed E-state index contributed by atoms with van der Waals surface area (Å²) in [6.45, 7) is 3.77. The zero-order valence-corrected chi connectivity index (χ0v) is 34.2. The normalized spacial score (nSPS) is 27.3. The Hall–Kier alpha value is -5.52. The Morgan fingerprint density at radius 2 is 1.11 bits per heavy atom. The van der Waals surface area contributed by atoms with Crippen molar-refractivity contribution in [3.63, 3.8) is 0 Å². The van der Waals surface area contributed by atoms with Crippen molar-refractivity contribution in [3.8, 4) is 5.75 Å². The van der Waals surface area contributed by atoms with Crippen molar-refractivity contribution in [3.05, 3.63) is 137 Å². The van der Waals surface area contributed by atoms with E-state index < -0.39 is 85.1 Å². The predicted molar refractivity (Wildman–Crippen MR) is 215 cm³/mol. The van der Waals surface area contributed by atoms with Crippen molar-refractivity contribution in [2.75, 3.05) is 13.7 Å². The van der Waals surface area contributed by atoms with Crippen molar-refractivity contribution in [2.24, 2.45) is 0 Å². The minimum atomic E-state index is -1.52. The van der Waals surface area contributed by atoms with Crippen LogP contribution in [0.3, 0.4) is 0 Å². The van der Waals surface area contributed by atoms with E-state index in [1.54, 1.807) is 62.6 Å². The number of fused-ring (bicyclic) bond motifs is 1. The van der Waals surface area contributed by atoms with E-state index >= 15 is 0 Å². The molecular weight excluding hydrogens is 790 g/mol. The van der Waals surface area contributed by atoms with Gasteiger partial charge < -0.3 is 47.7 Å². The van der Waals surface area contributed by atoms with Gasteiger partial charge in [-0.15, -0.1) is 0 Å². The molecule has 0 unspecified atom stereocenters. The number of esters is 2. The summed E-state index contributed by atoms with van der Waals surface area (Å²) >= 11 is 0. The number of carbonyl (C=O) groups is 4. The van der Waals surface area contributed by atoms with Crippen molar-refractivity contribution in [1.82, 2.24) is 4.90 Å². The van der Waals surface area contributed by atoms with Crippen LogP contribution in [0.4, 0.5) is 0 Å². The Balaban J connectivity index is 1.20. The smallest absolute Gasteiger partial charge is 0.303 e. The standard InChI is InChI=1S/C46H49NO14/c1-27-39(59-28(2)48)41(60-29(3)49)42(55-23-30-13-7-5-8-14-30)46(58-27)57-26-36-38(50)40(54-24-32-19-21-33(53-4)22-20-32)37(45(61-36)56-25-31-15-9-6-10-16-31)47-43(51)34-17-11-12-18-35(34)44(47)52/h5-22,27,36-42,45-46,50H,23-26H2,1-4H3/t27-,36+,37+,38+,39+,40+,41+,42-,45+,46+/m0/s1. The molecule has 2 fully saturated rings. The zero-order chi connectivity index (χ0) is 43.0. The van der Waals surface area contributed by atoms with E-state index in [2.05, 4.69) is 0 Å². The second kappa shape index (κ2) is 19.9. The summed E-state index contributed by atoms with van der Waals surface area (Å²) in [5.74, 6) is -1.82. The molecule has 0 bridgehead atoms. The third-order valence-electron chi connectivity index (χ3n) is 10.7. The maximum Gasteiger partial charge on any atom is 0.303 e. The average Bonchev–Trinajstić information content (AvgIpc) is 3.51. The Morgan fingerprint density at radius 3 is 1.67 bits per heavy atom. The summed E-state index contributed by atoms with van der Waals surface area (Å²) in [4.78, 5) is 53.9. The summed E-state index contributed by atoms with van der Waals surface area (Å²) in [5.41, 5.74) is 2.69. The number of benzene rings is 4. The molecule has 61 heavy (non-hydrogen) atoms. The summed E-state index contributed by atoms with van der Waals surface area (Å²) in [6.07, 6.45) is -10.8. The van der Waals surface area contributed by atoms with Crippen LogP contribution in [0, 0.1) is 0 Å². The van der Waals surface area contributed by atoms with E-state index in [9.17, 15) is 24.3 Å². The summed E-state index contributed by atoms with van der Waals surface area (Å²) in [7, 11) is 1.56. The van der Waals surface area contributed by atoms with Crippen molar-refractivity contribution < 1.29 is 66.9 Å². The molecule has 0 radical (unpaired) electrons. The molecule has 7 rings (SSSR count). The first-order valence-corrected chi connectivity index (χ1v) is 20.0. The quantitative estimate of drug-likeness (QED) is 0.121. The molecule has 0 spiro atoms. The molecule has 1 N–H and O–H groups in total. The van der Waals surface area contributed by atoms with E-state index in [1.807, 2.05) is 60.7 Å². The van der Waals surface area contributed by atoms with Crippen LogP contribution in [0.5, 0.6) is 5.75 Å². The van der Waals surface area contributed by atoms with E-state index in [1.165, 1.54) is 13.8 Å². The summed E-state index contributed by atoms with van der Waals surface area (Å²) in [5, 5.41) is 12.3. The molecule has 0 aromatic heterocycles. The van der Waals surface area contributed by atoms with Gasteiger partial charge in [-0.05, 0) is 47.9 Å². The van der Waals surface area contributed by atoms with Crippen LogP contribution in [0.1, 0.15) is 58.2 Å². The monoisotopic (exact) mass is 839 g/mol. The molecule has 2 amide bonds. The van der Waals surface area contributed by atoms with Gasteiger partial charge in [0.2, 0.25) is 0 Å². The number of aliphatic hydroxyl groups excluding tert-OH is 1. The van der Waals surface area contributed by atoms with Gasteiger partial charge in [-0.3, -0.25) is 24.1 Å². The Bertz CT molecular complexity index is 2080. The van der Waals surface area contributed by atoms with E-state index in [4.69, 9.17) is 42.6 Å². The molecule has 3 aliphatic rings. The number of aliphatic hydroxyl groups is 1. The molecule has 15 nitrogen and oxygen atoms in total. The fourth-order valence-electron chi connectivity index (χ4n) is 7.71. The molecule has 3 aliphatic heterocycles. The lowest BCUT2D eigenvalue weighted by Crippen LogP contribution is -2.67. The third kappa shape index (κ3) is 10.2. The Labute approximate surface area is 353 Å². The Morgan fingerprint density at radius 1 is 0.607 bits per heavy atom. The first kappa shape index (κ1) is 43.6. The first-order chi connectivity index (χ1) is 29.5. The maximum atomic E-state index is 14.1. The number of amides is 2. The minimum absolute atomic E-state index is 0.0142. The first-order valence-electron chi connectivity index (χ1n) is 20.0. The van der Waals surface area contributed by atoms with Crippen molar-refractivity contribution in [2.45, 2.75) is 102 Å². The lowest BCUT2D eigenvalue weighted by Gasteiger charge is -2.48. The fraction of sp³-hybridized carbons (Fsp3) is 0.391. The van der Waals surface area contributed by atoms with Crippen LogP contribution in [0.25, 0.3) is 0 Å². The van der Waals surface area contributed by atoms with Crippen LogP contribution in [0.15, 0.2) is 109 Å². The molecule has 3 heterocycles. The van der Waals surface area contributed by atoms with Gasteiger partial charge >= 0.3 is 11.9 Å². The SMILES string of the molecule is COc1ccc(CO[C@H]2[C@H](O)[C@@H](CO[C@@H]3O[C@@H](C)[C@@H](OC(C)=O)[C@@H](OC(C)=O)[C@@H]3OCc3ccccc3)O[C@@H](OCc3ccccc3)[C@@H]2N2C(=O)c3ccccc3C2=O)cc1. The highest BCUT2D eigenvalue weighted by atomic mass is 16.7. The minimum Gasteiger partial charge on any atom is -0.497 e. The lowest BCUT2D eigenvalue weighted by molar-refractivity contribution is -0.330. The topological polar surface area (TPSA) is 175 Å². The van der Waals surface area contributed by atoms with Gasteiger partial charge in [-0.1, -0.05) is 84.9 Å². The molecule has 0 saturated carbocycles. The number of nitrogens with zero attached hydrogens (tertiary/aromatic N) is 1. The number of carbonyl (C=O) groups excluding carboxylic acids is 4. The average molecular weight is 840 g/mol. The summed E-state index contributed by atoms with van der Waals surface area (Å²) in [6, 6.07) is 30.8. The highest BCUT2D eigenvalue weighted by molar-refractivity contribution is 6.21. The number of rotatable bonds is 16. The highest BCUT2D eigenvalue weighted by Gasteiger charge is 2.56. The predicted octanol–water partition coefficient (Wildman–Crippen LogP) is 4.76. The fourth-order valence-corrected chi connectivity index (χ4v) is 7.71. The van der Waals surface area contributed by atoms with Gasteiger partial charge in [0.05, 0.1) is 50.8 Å². The second-order valence-corrected chi connectivity index (χ2v) is 14.9. The number of hydrogen-bond donors (Lipinski definition) is 1. The Kier molecular flexibility index (Phi) is 14.2. The van der Waals surface area contributed by atoms with Crippen LogP contribution < -0.4 is 4.74 Å². The molecule has 10 atom stereocenters. The molecule has 15 heteroatoms. The van der Waals surface area contributed by atoms with E-state index in [0.717, 1.165) is 21.6 Å². The third-order valence-corrected chi connectivity index (χ3v) is 10.7. The van der Waals surface area contributed by atoms with Gasteiger partial charge in [0.1, 0.15) is 36.2 Å². The van der Waals surface area contributed by atoms with Crippen LogP contribution in [0.2, 0.25) is 0 Å². The van der Waals surface area contributed by atoms with E-state index in [-0.39, 0.29) is 37.6 Å². The number of methoxy groups -OCH3 is 1. The van der Waals surface area contributed by atoms with Crippen molar-refractivity contribution in [1.29, 1.82) is 0 Å². The van der Waals surface area contributed by atoms with Crippen LogP contribution in [-0.2, 0) is 67.3 Å². The molecule has 0 aliphatic carbocycles. The highest BCUT2D eigenvalue weighted by Crippen LogP contribution is 2.36. The number of imide groups is 1. The van der Waals surface area contributed by atoms with Gasteiger partial charge in [-0.2, -0.15) is 0 Å². The van der Waals surface area contributed by atoms with Gasteiger partial charge in [0.25, 0.3) is 11.8 Å². The molecular formula is C46H49NO14. The summed E-state index contributed by atoms with van der Waals surface area (Å²) < 4.78 is 55.1. The van der Waals surface area contributed by atoms with E-state index in [0.29, 0.717) is 5.75 Å². The van der Waals surface area contributed by atoms with Crippen LogP contribution >= 0.6 is 0 Å². The van der Waals surface area contributed by atoms with Crippen LogP contribution in [-0.4, -0.2) is 109 Å². The largest absolute Gasteiger partial charge is 0.497 e. The number of hydrogen-bond acceptors (Lipinski definition) is 14. The molecule has 4 aromatic rings. The maximum absolute atomic E-state index is 14.1. The lowest BCUT2D eigenvalue weighted by atomic mass is 9.94. The molecule has 322 valence electrons. The second-order valence-electron chi connectivity index (χ2n) is 14.9. The van der Waals surface area contributed by atoms with Gasteiger partial charge in [-0.25, -0.2) is 0 Å². The van der Waals surface area contributed by atoms with Gasteiger partial charge in [0, 0.05) is 13.8 Å². The van der Waals surface area contributed by atoms with Crippen molar-refractivity contribution >= 4 is 23.8 Å². The zero-order valence-electron chi connectivity index (χ0n) is 34.2. The number of ether oxygens (including phenoxy) is 9. The molecule has 2 saturated heterocycles. The van der Waals surface area contributed by atoms with Gasteiger partial charge in [0.15, 0.2) is 24.8 Å². The molecule has 4 aromatic carbocycles.